The van der Waals surface area contributed by atoms with Crippen LogP contribution < -0.4 is 20.3 Å². The summed E-state index contributed by atoms with van der Waals surface area (Å²) in [5.74, 6) is 3.43. The minimum Gasteiger partial charge on any atom is -0.497 e. The molecule has 0 amide bonds. The monoisotopic (exact) mass is 513 g/mol. The molecule has 1 aliphatic heterocycles. The molecule has 2 aromatic rings. The van der Waals surface area contributed by atoms with Gasteiger partial charge in [-0.3, -0.25) is 4.99 Å². The molecule has 7 nitrogen and oxygen atoms in total. The Labute approximate surface area is 190 Å². The van der Waals surface area contributed by atoms with Crippen LogP contribution in [0.15, 0.2) is 39.8 Å². The lowest BCUT2D eigenvalue weighted by Crippen LogP contribution is -2.39. The minimum atomic E-state index is 0. The fourth-order valence-corrected chi connectivity index (χ4v) is 3.36. The number of halogens is 1. The first-order valence-electron chi connectivity index (χ1n) is 9.88. The summed E-state index contributed by atoms with van der Waals surface area (Å²) in [7, 11) is 3.49. The smallest absolute Gasteiger partial charge is 0.191 e. The van der Waals surface area contributed by atoms with Gasteiger partial charge in [-0.15, -0.1) is 24.0 Å². The molecule has 160 valence electrons. The van der Waals surface area contributed by atoms with Crippen LogP contribution in [-0.2, 0) is 6.54 Å². The third-order valence-electron chi connectivity index (χ3n) is 5.08. The van der Waals surface area contributed by atoms with Crippen LogP contribution in [-0.4, -0.2) is 44.9 Å². The van der Waals surface area contributed by atoms with Gasteiger partial charge in [0.1, 0.15) is 5.75 Å². The predicted molar refractivity (Wildman–Crippen MR) is 128 cm³/mol. The molecular formula is C21H32IN5O2. The zero-order valence-corrected chi connectivity index (χ0v) is 20.0. The van der Waals surface area contributed by atoms with E-state index in [1.54, 1.807) is 14.2 Å². The lowest BCUT2D eigenvalue weighted by molar-refractivity contribution is 0.371. The molecule has 1 unspecified atom stereocenters. The number of anilines is 1. The molecule has 0 aliphatic carbocycles. The zero-order valence-electron chi connectivity index (χ0n) is 17.6. The molecule has 1 aliphatic rings. The second kappa shape index (κ2) is 11.3. The van der Waals surface area contributed by atoms with E-state index < -0.39 is 0 Å². The molecular weight excluding hydrogens is 481 g/mol. The van der Waals surface area contributed by atoms with E-state index in [0.717, 1.165) is 49.2 Å². The van der Waals surface area contributed by atoms with Crippen LogP contribution in [0.3, 0.4) is 0 Å². The summed E-state index contributed by atoms with van der Waals surface area (Å²) >= 11 is 0. The Bertz CT molecular complexity index is 793. The molecule has 0 radical (unpaired) electrons. The molecule has 0 saturated carbocycles. The fraction of sp³-hybridized carbons (Fsp3) is 0.524. The van der Waals surface area contributed by atoms with Crippen molar-refractivity contribution >= 4 is 35.6 Å². The van der Waals surface area contributed by atoms with Gasteiger partial charge in [-0.25, -0.2) is 0 Å². The minimum absolute atomic E-state index is 0. The number of nitrogens with one attached hydrogen (secondary N) is 2. The third kappa shape index (κ3) is 6.52. The lowest BCUT2D eigenvalue weighted by atomic mass is 10.1. The van der Waals surface area contributed by atoms with E-state index in [-0.39, 0.29) is 24.0 Å². The van der Waals surface area contributed by atoms with Gasteiger partial charge in [0, 0.05) is 44.5 Å². The van der Waals surface area contributed by atoms with Crippen LogP contribution in [0.4, 0.5) is 5.69 Å². The number of guanidine groups is 1. The van der Waals surface area contributed by atoms with E-state index in [1.807, 2.05) is 18.2 Å². The SMILES string of the molecule is CN=C(NCc1cc(C(C)C)no1)NCC1CCN(c2cccc(OC)c2)C1.I. The highest BCUT2D eigenvalue weighted by atomic mass is 127. The normalized spacial score (nSPS) is 16.7. The molecule has 1 fully saturated rings. The maximum absolute atomic E-state index is 5.37. The number of aliphatic imine (C=N–C) groups is 1. The Morgan fingerprint density at radius 3 is 2.86 bits per heavy atom. The average molecular weight is 513 g/mol. The summed E-state index contributed by atoms with van der Waals surface area (Å²) in [6.07, 6.45) is 1.15. The van der Waals surface area contributed by atoms with E-state index >= 15 is 0 Å². The van der Waals surface area contributed by atoms with Gasteiger partial charge in [-0.05, 0) is 30.4 Å². The van der Waals surface area contributed by atoms with E-state index in [9.17, 15) is 0 Å². The average Bonchev–Trinajstić information content (AvgIpc) is 3.38. The number of nitrogens with zero attached hydrogens (tertiary/aromatic N) is 3. The molecule has 1 aromatic heterocycles. The van der Waals surface area contributed by atoms with Gasteiger partial charge in [0.2, 0.25) is 0 Å². The van der Waals surface area contributed by atoms with Gasteiger partial charge >= 0.3 is 0 Å². The molecule has 29 heavy (non-hydrogen) atoms. The van der Waals surface area contributed by atoms with Crippen LogP contribution >= 0.6 is 24.0 Å². The molecule has 2 heterocycles. The highest BCUT2D eigenvalue weighted by molar-refractivity contribution is 14.0. The Balaban J connectivity index is 0.00000300. The number of hydrogen-bond acceptors (Lipinski definition) is 5. The summed E-state index contributed by atoms with van der Waals surface area (Å²) in [5.41, 5.74) is 2.19. The maximum Gasteiger partial charge on any atom is 0.191 e. The first kappa shape index (κ1) is 23.3. The maximum atomic E-state index is 5.37. The van der Waals surface area contributed by atoms with Crippen molar-refractivity contribution in [3.05, 3.63) is 41.8 Å². The topological polar surface area (TPSA) is 74.9 Å². The predicted octanol–water partition coefficient (Wildman–Crippen LogP) is 3.62. The van der Waals surface area contributed by atoms with Crippen LogP contribution in [0.2, 0.25) is 0 Å². The van der Waals surface area contributed by atoms with E-state index in [4.69, 9.17) is 9.26 Å². The molecule has 3 rings (SSSR count). The number of hydrogen-bond donors (Lipinski definition) is 2. The standard InChI is InChI=1S/C21H31N5O2.HI/c1-15(2)20-11-19(28-25-20)13-24-21(22-3)23-12-16-8-9-26(14-16)17-6-5-7-18(10-17)27-4;/h5-7,10-11,15-16H,8-9,12-14H2,1-4H3,(H2,22,23,24);1H. The molecule has 0 spiro atoms. The van der Waals surface area contributed by atoms with E-state index in [1.165, 1.54) is 5.69 Å². The van der Waals surface area contributed by atoms with Gasteiger partial charge in [0.25, 0.3) is 0 Å². The molecule has 0 bridgehead atoms. The molecule has 2 N–H and O–H groups in total. The van der Waals surface area contributed by atoms with Crippen molar-refractivity contribution in [1.29, 1.82) is 0 Å². The summed E-state index contributed by atoms with van der Waals surface area (Å²) in [5, 5.41) is 10.8. The summed E-state index contributed by atoms with van der Waals surface area (Å²) in [4.78, 5) is 6.72. The van der Waals surface area contributed by atoms with Gasteiger partial charge in [0.05, 0.1) is 19.3 Å². The van der Waals surface area contributed by atoms with Crippen molar-refractivity contribution in [2.75, 3.05) is 38.7 Å². The van der Waals surface area contributed by atoms with Gasteiger partial charge in [-0.1, -0.05) is 25.1 Å². The van der Waals surface area contributed by atoms with E-state index in [0.29, 0.717) is 18.4 Å². The second-order valence-corrected chi connectivity index (χ2v) is 7.48. The first-order chi connectivity index (χ1) is 13.6. The molecule has 1 atom stereocenters. The van der Waals surface area contributed by atoms with Crippen LogP contribution in [0.25, 0.3) is 0 Å². The Hall–Kier alpha value is -1.97. The second-order valence-electron chi connectivity index (χ2n) is 7.48. The summed E-state index contributed by atoms with van der Waals surface area (Å²) in [6, 6.07) is 10.3. The van der Waals surface area contributed by atoms with Gasteiger partial charge in [0.15, 0.2) is 11.7 Å². The van der Waals surface area contributed by atoms with Crippen molar-refractivity contribution in [2.24, 2.45) is 10.9 Å². The summed E-state index contributed by atoms with van der Waals surface area (Å²) in [6.45, 7) is 7.74. The van der Waals surface area contributed by atoms with Crippen molar-refractivity contribution in [3.8, 4) is 5.75 Å². The van der Waals surface area contributed by atoms with Crippen molar-refractivity contribution in [2.45, 2.75) is 32.7 Å². The van der Waals surface area contributed by atoms with Crippen LogP contribution in [0, 0.1) is 5.92 Å². The Morgan fingerprint density at radius 1 is 1.34 bits per heavy atom. The number of benzene rings is 1. The van der Waals surface area contributed by atoms with E-state index in [2.05, 4.69) is 51.7 Å². The quantitative estimate of drug-likeness (QED) is 0.335. The zero-order chi connectivity index (χ0) is 19.9. The lowest BCUT2D eigenvalue weighted by Gasteiger charge is -2.20. The number of ether oxygens (including phenoxy) is 1. The van der Waals surface area contributed by atoms with Crippen LogP contribution in [0.5, 0.6) is 5.75 Å². The number of methoxy groups -OCH3 is 1. The highest BCUT2D eigenvalue weighted by Crippen LogP contribution is 2.26. The van der Waals surface area contributed by atoms with Crippen molar-refractivity contribution < 1.29 is 9.26 Å². The van der Waals surface area contributed by atoms with Gasteiger partial charge < -0.3 is 24.8 Å². The molecule has 1 saturated heterocycles. The van der Waals surface area contributed by atoms with Crippen LogP contribution in [0.1, 0.15) is 37.6 Å². The highest BCUT2D eigenvalue weighted by Gasteiger charge is 2.23. The third-order valence-corrected chi connectivity index (χ3v) is 5.08. The van der Waals surface area contributed by atoms with Crippen molar-refractivity contribution in [1.82, 2.24) is 15.8 Å². The first-order valence-corrected chi connectivity index (χ1v) is 9.88. The Morgan fingerprint density at radius 2 is 2.17 bits per heavy atom. The van der Waals surface area contributed by atoms with Crippen molar-refractivity contribution in [3.63, 3.8) is 0 Å². The number of rotatable bonds is 7. The molecule has 8 heteroatoms. The number of aromatic nitrogens is 1. The van der Waals surface area contributed by atoms with Gasteiger partial charge in [-0.2, -0.15) is 0 Å². The summed E-state index contributed by atoms with van der Waals surface area (Å²) < 4.78 is 10.7. The Kier molecular flexibility index (Phi) is 9.06. The molecule has 1 aromatic carbocycles. The largest absolute Gasteiger partial charge is 0.497 e. The fourth-order valence-electron chi connectivity index (χ4n) is 3.36.